The summed E-state index contributed by atoms with van der Waals surface area (Å²) in [6, 6.07) is -0.307. The van der Waals surface area contributed by atoms with Gasteiger partial charge < -0.3 is 16.0 Å². The van der Waals surface area contributed by atoms with Crippen LogP contribution in [0.2, 0.25) is 0 Å². The number of imide groups is 1. The van der Waals surface area contributed by atoms with Crippen molar-refractivity contribution in [2.24, 2.45) is 4.99 Å². The first kappa shape index (κ1) is 20.7. The monoisotopic (exact) mass is 423 g/mol. The largest absolute Gasteiger partial charge is 0.356 e. The molecule has 0 aromatic rings. The topological polar surface area (TPSA) is 85.8 Å². The summed E-state index contributed by atoms with van der Waals surface area (Å²) in [6.07, 6.45) is 2.99. The van der Waals surface area contributed by atoms with Crippen LogP contribution in [0.3, 0.4) is 0 Å². The van der Waals surface area contributed by atoms with Crippen molar-refractivity contribution in [3.63, 3.8) is 0 Å². The number of amides is 3. The molecule has 1 aliphatic rings. The number of hydrogen-bond acceptors (Lipinski definition) is 3. The zero-order valence-corrected chi connectivity index (χ0v) is 15.8. The number of rotatable bonds is 7. The van der Waals surface area contributed by atoms with E-state index < -0.39 is 5.54 Å². The smallest absolute Gasteiger partial charge is 0.325 e. The Morgan fingerprint density at radius 2 is 2.14 bits per heavy atom. The second-order valence-corrected chi connectivity index (χ2v) is 5.09. The highest BCUT2D eigenvalue weighted by atomic mass is 127. The lowest BCUT2D eigenvalue weighted by Gasteiger charge is -2.19. The molecule has 1 unspecified atom stereocenters. The van der Waals surface area contributed by atoms with E-state index in [4.69, 9.17) is 0 Å². The van der Waals surface area contributed by atoms with Gasteiger partial charge in [0.1, 0.15) is 5.54 Å². The fourth-order valence-electron chi connectivity index (χ4n) is 2.02. The van der Waals surface area contributed by atoms with Crippen LogP contribution in [0.5, 0.6) is 0 Å². The SMILES string of the molecule is C=CCNC(=NC)NCCCN1C(=O)NC(C)(CC)C1=O.I. The third kappa shape index (κ3) is 5.15. The third-order valence-corrected chi connectivity index (χ3v) is 3.54. The molecule has 0 aromatic carbocycles. The molecule has 3 amide bonds. The molecule has 8 heteroatoms. The number of hydrogen-bond donors (Lipinski definition) is 3. The molecule has 0 radical (unpaired) electrons. The quantitative estimate of drug-likeness (QED) is 0.143. The number of halogens is 1. The minimum Gasteiger partial charge on any atom is -0.356 e. The minimum absolute atomic E-state index is 0. The fraction of sp³-hybridized carbons (Fsp3) is 0.643. The predicted molar refractivity (Wildman–Crippen MR) is 98.5 cm³/mol. The van der Waals surface area contributed by atoms with Crippen LogP contribution in [0.25, 0.3) is 0 Å². The van der Waals surface area contributed by atoms with E-state index in [2.05, 4.69) is 27.5 Å². The summed E-state index contributed by atoms with van der Waals surface area (Å²) in [5.41, 5.74) is -0.758. The van der Waals surface area contributed by atoms with E-state index in [0.717, 1.165) is 0 Å². The number of carbonyl (C=O) groups excluding carboxylic acids is 2. The van der Waals surface area contributed by atoms with Crippen molar-refractivity contribution < 1.29 is 9.59 Å². The Morgan fingerprint density at radius 3 is 2.64 bits per heavy atom. The van der Waals surface area contributed by atoms with E-state index >= 15 is 0 Å². The Kier molecular flexibility index (Phi) is 9.07. The molecule has 1 rings (SSSR count). The second kappa shape index (κ2) is 9.65. The van der Waals surface area contributed by atoms with Gasteiger partial charge in [0, 0.05) is 26.7 Å². The summed E-state index contributed by atoms with van der Waals surface area (Å²) in [4.78, 5) is 29.3. The fourth-order valence-corrected chi connectivity index (χ4v) is 2.02. The molecule has 1 saturated heterocycles. The van der Waals surface area contributed by atoms with Gasteiger partial charge in [-0.1, -0.05) is 13.0 Å². The molecular weight excluding hydrogens is 397 g/mol. The van der Waals surface area contributed by atoms with E-state index in [9.17, 15) is 9.59 Å². The van der Waals surface area contributed by atoms with E-state index in [-0.39, 0.29) is 35.9 Å². The Bertz CT molecular complexity index is 441. The molecule has 0 spiro atoms. The van der Waals surface area contributed by atoms with Crippen molar-refractivity contribution in [1.82, 2.24) is 20.9 Å². The highest BCUT2D eigenvalue weighted by molar-refractivity contribution is 14.0. The van der Waals surface area contributed by atoms with Crippen LogP contribution >= 0.6 is 24.0 Å². The lowest BCUT2D eigenvalue weighted by atomic mass is 9.99. The summed E-state index contributed by atoms with van der Waals surface area (Å²) < 4.78 is 0. The maximum atomic E-state index is 12.2. The molecule has 0 aromatic heterocycles. The first-order chi connectivity index (χ1) is 9.98. The summed E-state index contributed by atoms with van der Waals surface area (Å²) >= 11 is 0. The molecule has 0 saturated carbocycles. The molecule has 7 nitrogen and oxygen atoms in total. The molecule has 1 atom stereocenters. The standard InChI is InChI=1S/C14H25N5O2.HI/c1-5-8-16-12(15-4)17-9-7-10-19-11(20)14(3,6-2)18-13(19)21;/h5H,1,6-10H2,2-4H3,(H,18,21)(H2,15,16,17);1H. The van der Waals surface area contributed by atoms with Crippen molar-refractivity contribution in [3.8, 4) is 0 Å². The minimum atomic E-state index is -0.758. The van der Waals surface area contributed by atoms with Crippen LogP contribution in [0.15, 0.2) is 17.6 Å². The number of guanidine groups is 1. The van der Waals surface area contributed by atoms with Gasteiger partial charge in [-0.3, -0.25) is 14.7 Å². The van der Waals surface area contributed by atoms with Gasteiger partial charge >= 0.3 is 6.03 Å². The van der Waals surface area contributed by atoms with E-state index in [1.54, 1.807) is 20.0 Å². The number of nitrogens with zero attached hydrogens (tertiary/aromatic N) is 2. The Morgan fingerprint density at radius 1 is 1.45 bits per heavy atom. The summed E-state index contributed by atoms with van der Waals surface area (Å²) in [5.74, 6) is 0.523. The average Bonchev–Trinajstić information content (AvgIpc) is 2.70. The molecule has 0 bridgehead atoms. The van der Waals surface area contributed by atoms with Crippen molar-refractivity contribution in [1.29, 1.82) is 0 Å². The maximum absolute atomic E-state index is 12.2. The zero-order chi connectivity index (χ0) is 15.9. The van der Waals surface area contributed by atoms with Crippen LogP contribution < -0.4 is 16.0 Å². The lowest BCUT2D eigenvalue weighted by Crippen LogP contribution is -2.43. The molecule has 1 heterocycles. The summed E-state index contributed by atoms with van der Waals surface area (Å²) in [6.45, 7) is 8.91. The van der Waals surface area contributed by atoms with E-state index in [0.29, 0.717) is 38.4 Å². The first-order valence-electron chi connectivity index (χ1n) is 7.18. The van der Waals surface area contributed by atoms with Crippen LogP contribution in [-0.4, -0.2) is 55.0 Å². The van der Waals surface area contributed by atoms with E-state index in [1.807, 2.05) is 6.92 Å². The Labute approximate surface area is 149 Å². The first-order valence-corrected chi connectivity index (χ1v) is 7.18. The van der Waals surface area contributed by atoms with Crippen molar-refractivity contribution in [3.05, 3.63) is 12.7 Å². The van der Waals surface area contributed by atoms with Crippen LogP contribution in [-0.2, 0) is 4.79 Å². The van der Waals surface area contributed by atoms with Crippen LogP contribution in [0.4, 0.5) is 4.79 Å². The summed E-state index contributed by atoms with van der Waals surface area (Å²) in [7, 11) is 1.68. The van der Waals surface area contributed by atoms with Crippen molar-refractivity contribution >= 4 is 41.9 Å². The number of urea groups is 1. The van der Waals surface area contributed by atoms with Gasteiger partial charge in [0.25, 0.3) is 5.91 Å². The third-order valence-electron chi connectivity index (χ3n) is 3.54. The number of nitrogens with one attached hydrogen (secondary N) is 3. The molecule has 3 N–H and O–H groups in total. The lowest BCUT2D eigenvalue weighted by molar-refractivity contribution is -0.130. The predicted octanol–water partition coefficient (Wildman–Crippen LogP) is 1.07. The van der Waals surface area contributed by atoms with Gasteiger partial charge in [0.05, 0.1) is 0 Å². The van der Waals surface area contributed by atoms with Crippen LogP contribution in [0.1, 0.15) is 26.7 Å². The van der Waals surface area contributed by atoms with Gasteiger partial charge in [0.15, 0.2) is 5.96 Å². The van der Waals surface area contributed by atoms with Gasteiger partial charge in [-0.05, 0) is 19.8 Å². The summed E-state index contributed by atoms with van der Waals surface area (Å²) in [5, 5.41) is 8.90. The Balaban J connectivity index is 0.00000441. The zero-order valence-electron chi connectivity index (χ0n) is 13.4. The van der Waals surface area contributed by atoms with Gasteiger partial charge in [-0.15, -0.1) is 30.6 Å². The molecule has 1 aliphatic heterocycles. The van der Waals surface area contributed by atoms with Gasteiger partial charge in [-0.2, -0.15) is 0 Å². The number of carbonyl (C=O) groups is 2. The molecule has 1 fully saturated rings. The van der Waals surface area contributed by atoms with Gasteiger partial charge in [0.2, 0.25) is 0 Å². The molecule has 22 heavy (non-hydrogen) atoms. The normalized spacial score (nSPS) is 21.2. The van der Waals surface area contributed by atoms with E-state index in [1.165, 1.54) is 4.90 Å². The Hall–Kier alpha value is -1.32. The van der Waals surface area contributed by atoms with Crippen molar-refractivity contribution in [2.75, 3.05) is 26.7 Å². The molecular formula is C14H26IN5O2. The molecule has 0 aliphatic carbocycles. The number of aliphatic imine (C=N–C) groups is 1. The van der Waals surface area contributed by atoms with Crippen molar-refractivity contribution in [2.45, 2.75) is 32.2 Å². The molecule has 126 valence electrons. The highest BCUT2D eigenvalue weighted by Crippen LogP contribution is 2.20. The highest BCUT2D eigenvalue weighted by Gasteiger charge is 2.45. The maximum Gasteiger partial charge on any atom is 0.325 e. The van der Waals surface area contributed by atoms with Gasteiger partial charge in [-0.25, -0.2) is 4.79 Å². The second-order valence-electron chi connectivity index (χ2n) is 5.09. The average molecular weight is 423 g/mol. The van der Waals surface area contributed by atoms with Crippen LogP contribution in [0, 0.1) is 0 Å².